The van der Waals surface area contributed by atoms with Crippen molar-refractivity contribution in [3.8, 4) is 0 Å². The van der Waals surface area contributed by atoms with E-state index in [0.717, 1.165) is 17.9 Å². The molecule has 2 saturated carbocycles. The molecule has 2 heteroatoms. The van der Waals surface area contributed by atoms with Crippen LogP contribution in [0.1, 0.15) is 71.6 Å². The first-order valence-corrected chi connectivity index (χ1v) is 8.59. The molecule has 2 nitrogen and oxygen atoms in total. The monoisotopic (exact) mass is 266 g/mol. The molecule has 2 aliphatic carbocycles. The molecule has 0 aliphatic heterocycles. The zero-order valence-electron chi connectivity index (χ0n) is 13.3. The number of rotatable bonds is 4. The maximum Gasteiger partial charge on any atom is 0.0249 e. The van der Waals surface area contributed by atoms with Crippen LogP contribution in [0.4, 0.5) is 0 Å². The van der Waals surface area contributed by atoms with Gasteiger partial charge in [0, 0.05) is 18.1 Å². The Hall–Kier alpha value is -0.0800. The fourth-order valence-electron chi connectivity index (χ4n) is 4.44. The van der Waals surface area contributed by atoms with E-state index in [1.54, 1.807) is 0 Å². The maximum absolute atomic E-state index is 6.44. The molecule has 0 heterocycles. The van der Waals surface area contributed by atoms with Crippen LogP contribution < -0.4 is 5.73 Å². The Morgan fingerprint density at radius 1 is 1.11 bits per heavy atom. The summed E-state index contributed by atoms with van der Waals surface area (Å²) in [6.45, 7) is 4.73. The van der Waals surface area contributed by atoms with Crippen LogP contribution >= 0.6 is 0 Å². The normalized spacial score (nSPS) is 40.6. The molecule has 0 radical (unpaired) electrons. The van der Waals surface area contributed by atoms with Crippen LogP contribution in [-0.4, -0.2) is 30.1 Å². The first-order valence-electron chi connectivity index (χ1n) is 8.59. The standard InChI is InChI=1S/C17H34N2/c1-4-6-14-9-10-16(18)17(12-14)19(3)15-8-5-7-13(2)11-15/h13-17H,4-12,18H2,1-3H3. The molecular weight excluding hydrogens is 232 g/mol. The molecule has 0 saturated heterocycles. The zero-order valence-corrected chi connectivity index (χ0v) is 13.3. The lowest BCUT2D eigenvalue weighted by atomic mass is 9.78. The van der Waals surface area contributed by atoms with Crippen molar-refractivity contribution in [2.75, 3.05) is 7.05 Å². The third-order valence-corrected chi connectivity index (χ3v) is 5.68. The molecule has 19 heavy (non-hydrogen) atoms. The van der Waals surface area contributed by atoms with E-state index >= 15 is 0 Å². The number of nitrogens with zero attached hydrogens (tertiary/aromatic N) is 1. The summed E-state index contributed by atoms with van der Waals surface area (Å²) in [6, 6.07) is 1.84. The van der Waals surface area contributed by atoms with Crippen molar-refractivity contribution < 1.29 is 0 Å². The van der Waals surface area contributed by atoms with Gasteiger partial charge in [-0.15, -0.1) is 0 Å². The molecule has 2 rings (SSSR count). The van der Waals surface area contributed by atoms with Gasteiger partial charge in [-0.25, -0.2) is 0 Å². The van der Waals surface area contributed by atoms with E-state index in [9.17, 15) is 0 Å². The number of nitrogens with two attached hydrogens (primary N) is 1. The highest BCUT2D eigenvalue weighted by Crippen LogP contribution is 2.34. The van der Waals surface area contributed by atoms with Crippen molar-refractivity contribution in [3.05, 3.63) is 0 Å². The van der Waals surface area contributed by atoms with E-state index in [-0.39, 0.29) is 0 Å². The van der Waals surface area contributed by atoms with Crippen LogP contribution in [-0.2, 0) is 0 Å². The van der Waals surface area contributed by atoms with E-state index in [0.29, 0.717) is 12.1 Å². The smallest absolute Gasteiger partial charge is 0.0249 e. The average Bonchev–Trinajstić information content (AvgIpc) is 2.40. The number of hydrogen-bond donors (Lipinski definition) is 1. The third-order valence-electron chi connectivity index (χ3n) is 5.68. The minimum absolute atomic E-state index is 0.412. The van der Waals surface area contributed by atoms with Gasteiger partial charge in [-0.05, 0) is 51.0 Å². The van der Waals surface area contributed by atoms with E-state index in [4.69, 9.17) is 5.73 Å². The predicted molar refractivity (Wildman–Crippen MR) is 83.2 cm³/mol. The topological polar surface area (TPSA) is 29.3 Å². The van der Waals surface area contributed by atoms with Gasteiger partial charge >= 0.3 is 0 Å². The molecule has 5 atom stereocenters. The molecule has 2 fully saturated rings. The number of hydrogen-bond acceptors (Lipinski definition) is 2. The molecule has 112 valence electrons. The molecular formula is C17H34N2. The van der Waals surface area contributed by atoms with Gasteiger partial charge < -0.3 is 5.73 Å². The fraction of sp³-hybridized carbons (Fsp3) is 1.00. The van der Waals surface area contributed by atoms with Crippen molar-refractivity contribution in [2.24, 2.45) is 17.6 Å². The zero-order chi connectivity index (χ0) is 13.8. The van der Waals surface area contributed by atoms with E-state index in [1.165, 1.54) is 57.8 Å². The Morgan fingerprint density at radius 3 is 2.58 bits per heavy atom. The Kier molecular flexibility index (Phi) is 5.70. The molecule has 0 bridgehead atoms. The first-order chi connectivity index (χ1) is 9.11. The lowest BCUT2D eigenvalue weighted by Crippen LogP contribution is -2.53. The van der Waals surface area contributed by atoms with Crippen molar-refractivity contribution in [1.29, 1.82) is 0 Å². The quantitative estimate of drug-likeness (QED) is 0.839. The summed E-state index contributed by atoms with van der Waals surface area (Å²) in [5.41, 5.74) is 6.44. The van der Waals surface area contributed by atoms with Gasteiger partial charge in [-0.1, -0.05) is 39.5 Å². The first kappa shape index (κ1) is 15.3. The Labute approximate surface area is 120 Å². The SMILES string of the molecule is CCCC1CCC(N)C(N(C)C2CCCC(C)C2)C1. The second-order valence-corrected chi connectivity index (χ2v) is 7.29. The van der Waals surface area contributed by atoms with Crippen LogP contribution in [0, 0.1) is 11.8 Å². The van der Waals surface area contributed by atoms with Crippen LogP contribution in [0.2, 0.25) is 0 Å². The summed E-state index contributed by atoms with van der Waals surface area (Å²) in [7, 11) is 2.35. The minimum Gasteiger partial charge on any atom is -0.326 e. The molecule has 0 amide bonds. The van der Waals surface area contributed by atoms with Crippen LogP contribution in [0.25, 0.3) is 0 Å². The second-order valence-electron chi connectivity index (χ2n) is 7.29. The van der Waals surface area contributed by atoms with Gasteiger partial charge in [0.2, 0.25) is 0 Å². The van der Waals surface area contributed by atoms with Crippen LogP contribution in [0.5, 0.6) is 0 Å². The lowest BCUT2D eigenvalue weighted by Gasteiger charge is -2.45. The summed E-state index contributed by atoms with van der Waals surface area (Å²) >= 11 is 0. The summed E-state index contributed by atoms with van der Waals surface area (Å²) in [6.07, 6.45) is 12.3. The molecule has 0 aromatic heterocycles. The van der Waals surface area contributed by atoms with Gasteiger partial charge in [0.15, 0.2) is 0 Å². The Morgan fingerprint density at radius 2 is 1.89 bits per heavy atom. The van der Waals surface area contributed by atoms with E-state index in [2.05, 4.69) is 25.8 Å². The van der Waals surface area contributed by atoms with Crippen LogP contribution in [0.3, 0.4) is 0 Å². The van der Waals surface area contributed by atoms with Crippen molar-refractivity contribution in [1.82, 2.24) is 4.90 Å². The molecule has 0 aromatic rings. The number of likely N-dealkylation sites (N-methyl/N-ethyl adjacent to an activating group) is 1. The highest BCUT2D eigenvalue weighted by Gasteiger charge is 2.34. The molecule has 0 spiro atoms. The van der Waals surface area contributed by atoms with Gasteiger partial charge in [-0.3, -0.25) is 4.90 Å². The highest BCUT2D eigenvalue weighted by atomic mass is 15.2. The second kappa shape index (κ2) is 7.08. The summed E-state index contributed by atoms with van der Waals surface area (Å²) < 4.78 is 0. The van der Waals surface area contributed by atoms with Crippen molar-refractivity contribution >= 4 is 0 Å². The van der Waals surface area contributed by atoms with E-state index in [1.807, 2.05) is 0 Å². The molecule has 5 unspecified atom stereocenters. The van der Waals surface area contributed by atoms with Crippen LogP contribution in [0.15, 0.2) is 0 Å². The lowest BCUT2D eigenvalue weighted by molar-refractivity contribution is 0.0665. The molecule has 0 aromatic carbocycles. The summed E-state index contributed by atoms with van der Waals surface area (Å²) in [5.74, 6) is 1.84. The Balaban J connectivity index is 1.93. The fourth-order valence-corrected chi connectivity index (χ4v) is 4.44. The van der Waals surface area contributed by atoms with E-state index < -0.39 is 0 Å². The molecule has 2 aliphatic rings. The Bertz CT molecular complexity index is 266. The minimum atomic E-state index is 0.412. The van der Waals surface area contributed by atoms with Crippen molar-refractivity contribution in [3.63, 3.8) is 0 Å². The highest BCUT2D eigenvalue weighted by molar-refractivity contribution is 4.91. The average molecular weight is 266 g/mol. The summed E-state index contributed by atoms with van der Waals surface area (Å²) in [4.78, 5) is 2.67. The third kappa shape index (κ3) is 3.95. The van der Waals surface area contributed by atoms with Gasteiger partial charge in [0.25, 0.3) is 0 Å². The van der Waals surface area contributed by atoms with Gasteiger partial charge in [-0.2, -0.15) is 0 Å². The molecule has 2 N–H and O–H groups in total. The summed E-state index contributed by atoms with van der Waals surface area (Å²) in [5, 5.41) is 0. The van der Waals surface area contributed by atoms with Gasteiger partial charge in [0.05, 0.1) is 0 Å². The maximum atomic E-state index is 6.44. The van der Waals surface area contributed by atoms with Gasteiger partial charge in [0.1, 0.15) is 0 Å². The largest absolute Gasteiger partial charge is 0.326 e. The predicted octanol–water partition coefficient (Wildman–Crippen LogP) is 3.79. The van der Waals surface area contributed by atoms with Crippen molar-refractivity contribution in [2.45, 2.75) is 89.8 Å².